The maximum atomic E-state index is 3.63. The van der Waals surface area contributed by atoms with Gasteiger partial charge in [0.05, 0.1) is 0 Å². The average molecular weight is 268 g/mol. The van der Waals surface area contributed by atoms with Crippen LogP contribution in [0, 0.1) is 0 Å². The molecule has 1 unspecified atom stereocenters. The summed E-state index contributed by atoms with van der Waals surface area (Å²) in [5.74, 6) is 0.640. The van der Waals surface area contributed by atoms with Gasteiger partial charge in [-0.05, 0) is 36.8 Å². The molecule has 2 heteroatoms. The van der Waals surface area contributed by atoms with Crippen LogP contribution in [-0.2, 0) is 0 Å². The van der Waals surface area contributed by atoms with Crippen molar-refractivity contribution in [1.82, 2.24) is 5.32 Å². The first kappa shape index (κ1) is 11.2. The average Bonchev–Trinajstić information content (AvgIpc) is 3.05. The minimum absolute atomic E-state index is 0.640. The Morgan fingerprint density at radius 1 is 1.40 bits per heavy atom. The van der Waals surface area contributed by atoms with Crippen LogP contribution in [0.2, 0.25) is 0 Å². The molecule has 1 saturated carbocycles. The molecule has 0 bridgehead atoms. The van der Waals surface area contributed by atoms with Crippen LogP contribution in [-0.4, -0.2) is 12.6 Å². The lowest BCUT2D eigenvalue weighted by molar-refractivity contribution is 0.566. The SMILES string of the molecule is CCC(CNC1CC1)c1ccccc1Br. The highest BCUT2D eigenvalue weighted by Crippen LogP contribution is 2.28. The number of hydrogen-bond acceptors (Lipinski definition) is 1. The molecule has 0 radical (unpaired) electrons. The molecule has 1 aliphatic rings. The van der Waals surface area contributed by atoms with Crippen molar-refractivity contribution in [3.05, 3.63) is 34.3 Å². The van der Waals surface area contributed by atoms with E-state index in [0.29, 0.717) is 5.92 Å². The Hall–Kier alpha value is -0.340. The molecular formula is C13H18BrN. The fourth-order valence-corrected chi connectivity index (χ4v) is 2.49. The molecule has 2 rings (SSSR count). The first-order chi connectivity index (χ1) is 7.31. The Morgan fingerprint density at radius 2 is 2.13 bits per heavy atom. The van der Waals surface area contributed by atoms with Crippen LogP contribution in [0.5, 0.6) is 0 Å². The summed E-state index contributed by atoms with van der Waals surface area (Å²) in [5.41, 5.74) is 1.44. The lowest BCUT2D eigenvalue weighted by Crippen LogP contribution is -2.23. The molecule has 0 spiro atoms. The molecule has 82 valence electrons. The largest absolute Gasteiger partial charge is 0.313 e. The Morgan fingerprint density at radius 3 is 2.73 bits per heavy atom. The molecule has 1 atom stereocenters. The van der Waals surface area contributed by atoms with Gasteiger partial charge in [-0.15, -0.1) is 0 Å². The molecule has 0 aliphatic heterocycles. The maximum Gasteiger partial charge on any atom is 0.0210 e. The molecule has 15 heavy (non-hydrogen) atoms. The van der Waals surface area contributed by atoms with E-state index in [1.807, 2.05) is 0 Å². The van der Waals surface area contributed by atoms with Crippen molar-refractivity contribution in [3.8, 4) is 0 Å². The zero-order valence-corrected chi connectivity index (χ0v) is 10.8. The van der Waals surface area contributed by atoms with Crippen LogP contribution < -0.4 is 5.32 Å². The van der Waals surface area contributed by atoms with Crippen molar-refractivity contribution < 1.29 is 0 Å². The van der Waals surface area contributed by atoms with E-state index in [1.54, 1.807) is 0 Å². The lowest BCUT2D eigenvalue weighted by atomic mass is 9.96. The smallest absolute Gasteiger partial charge is 0.0210 e. The van der Waals surface area contributed by atoms with Gasteiger partial charge in [-0.25, -0.2) is 0 Å². The summed E-state index contributed by atoms with van der Waals surface area (Å²) < 4.78 is 1.24. The minimum atomic E-state index is 0.640. The highest BCUT2D eigenvalue weighted by atomic mass is 79.9. The first-order valence-electron chi connectivity index (χ1n) is 5.79. The number of halogens is 1. The monoisotopic (exact) mass is 267 g/mol. The summed E-state index contributed by atoms with van der Waals surface area (Å²) in [6.07, 6.45) is 3.93. The zero-order chi connectivity index (χ0) is 10.7. The zero-order valence-electron chi connectivity index (χ0n) is 9.17. The quantitative estimate of drug-likeness (QED) is 0.858. The van der Waals surface area contributed by atoms with E-state index in [0.717, 1.165) is 12.6 Å². The van der Waals surface area contributed by atoms with E-state index in [-0.39, 0.29) is 0 Å². The van der Waals surface area contributed by atoms with Gasteiger partial charge in [-0.1, -0.05) is 41.1 Å². The summed E-state index contributed by atoms with van der Waals surface area (Å²) in [6, 6.07) is 9.37. The lowest BCUT2D eigenvalue weighted by Gasteiger charge is -2.17. The van der Waals surface area contributed by atoms with Crippen LogP contribution >= 0.6 is 15.9 Å². The van der Waals surface area contributed by atoms with Gasteiger partial charge in [0, 0.05) is 17.1 Å². The molecule has 1 nitrogen and oxygen atoms in total. The van der Waals surface area contributed by atoms with E-state index in [2.05, 4.69) is 52.4 Å². The molecular weight excluding hydrogens is 250 g/mol. The van der Waals surface area contributed by atoms with E-state index >= 15 is 0 Å². The summed E-state index contributed by atoms with van der Waals surface area (Å²) >= 11 is 3.63. The van der Waals surface area contributed by atoms with Crippen molar-refractivity contribution in [2.75, 3.05) is 6.54 Å². The molecule has 1 N–H and O–H groups in total. The van der Waals surface area contributed by atoms with E-state index in [1.165, 1.54) is 29.3 Å². The molecule has 1 aromatic rings. The van der Waals surface area contributed by atoms with Gasteiger partial charge in [0.25, 0.3) is 0 Å². The third-order valence-corrected chi connectivity index (χ3v) is 3.79. The maximum absolute atomic E-state index is 3.63. The van der Waals surface area contributed by atoms with Crippen LogP contribution in [0.1, 0.15) is 37.7 Å². The normalized spacial score (nSPS) is 17.7. The predicted molar refractivity (Wildman–Crippen MR) is 68.2 cm³/mol. The van der Waals surface area contributed by atoms with E-state index in [9.17, 15) is 0 Å². The third kappa shape index (κ3) is 3.05. The van der Waals surface area contributed by atoms with Crippen LogP contribution in [0.3, 0.4) is 0 Å². The minimum Gasteiger partial charge on any atom is -0.313 e. The Balaban J connectivity index is 2.00. The van der Waals surface area contributed by atoms with Gasteiger partial charge in [0.1, 0.15) is 0 Å². The number of hydrogen-bond donors (Lipinski definition) is 1. The first-order valence-corrected chi connectivity index (χ1v) is 6.58. The summed E-state index contributed by atoms with van der Waals surface area (Å²) in [7, 11) is 0. The van der Waals surface area contributed by atoms with Gasteiger partial charge >= 0.3 is 0 Å². The summed E-state index contributed by atoms with van der Waals surface area (Å²) in [4.78, 5) is 0. The van der Waals surface area contributed by atoms with Crippen LogP contribution in [0.25, 0.3) is 0 Å². The second kappa shape index (κ2) is 5.13. The van der Waals surface area contributed by atoms with Crippen LogP contribution in [0.4, 0.5) is 0 Å². The Bertz CT molecular complexity index is 320. The predicted octanol–water partition coefficient (Wildman–Crippen LogP) is 3.69. The molecule has 1 aromatic carbocycles. The molecule has 1 fully saturated rings. The van der Waals surface area contributed by atoms with Gasteiger partial charge in [-0.3, -0.25) is 0 Å². The van der Waals surface area contributed by atoms with Gasteiger partial charge in [0.15, 0.2) is 0 Å². The fraction of sp³-hybridized carbons (Fsp3) is 0.538. The van der Waals surface area contributed by atoms with Gasteiger partial charge in [0.2, 0.25) is 0 Å². The van der Waals surface area contributed by atoms with Crippen LogP contribution in [0.15, 0.2) is 28.7 Å². The molecule has 0 saturated heterocycles. The highest BCUT2D eigenvalue weighted by molar-refractivity contribution is 9.10. The molecule has 0 aromatic heterocycles. The van der Waals surface area contributed by atoms with Gasteiger partial charge < -0.3 is 5.32 Å². The number of benzene rings is 1. The highest BCUT2D eigenvalue weighted by Gasteiger charge is 2.22. The van der Waals surface area contributed by atoms with E-state index < -0.39 is 0 Å². The Labute approximate surface area is 100 Å². The van der Waals surface area contributed by atoms with Crippen molar-refractivity contribution in [3.63, 3.8) is 0 Å². The van der Waals surface area contributed by atoms with Crippen molar-refractivity contribution in [2.45, 2.75) is 38.1 Å². The van der Waals surface area contributed by atoms with Crippen molar-refractivity contribution in [2.24, 2.45) is 0 Å². The van der Waals surface area contributed by atoms with Crippen molar-refractivity contribution in [1.29, 1.82) is 0 Å². The second-order valence-corrected chi connectivity index (χ2v) is 5.16. The molecule has 0 heterocycles. The third-order valence-electron chi connectivity index (χ3n) is 3.07. The summed E-state index contributed by atoms with van der Waals surface area (Å²) in [6.45, 7) is 3.38. The fourth-order valence-electron chi connectivity index (χ4n) is 1.88. The van der Waals surface area contributed by atoms with E-state index in [4.69, 9.17) is 0 Å². The second-order valence-electron chi connectivity index (χ2n) is 4.31. The van der Waals surface area contributed by atoms with Gasteiger partial charge in [-0.2, -0.15) is 0 Å². The van der Waals surface area contributed by atoms with Crippen molar-refractivity contribution >= 4 is 15.9 Å². The standard InChI is InChI=1S/C13H18BrN/c1-2-10(9-15-11-7-8-11)12-5-3-4-6-13(12)14/h3-6,10-11,15H,2,7-9H2,1H3. The Kier molecular flexibility index (Phi) is 3.81. The molecule has 0 amide bonds. The number of rotatable bonds is 5. The summed E-state index contributed by atoms with van der Waals surface area (Å²) in [5, 5.41) is 3.61. The number of nitrogens with one attached hydrogen (secondary N) is 1. The topological polar surface area (TPSA) is 12.0 Å². The molecule has 1 aliphatic carbocycles.